The number of carbonyl (C=O) groups excluding carboxylic acids is 1. The van der Waals surface area contributed by atoms with E-state index in [0.717, 1.165) is 25.2 Å². The van der Waals surface area contributed by atoms with Crippen LogP contribution >= 0.6 is 0 Å². The van der Waals surface area contributed by atoms with E-state index in [4.69, 9.17) is 4.74 Å². The highest BCUT2D eigenvalue weighted by Crippen LogP contribution is 2.30. The normalized spacial score (nSPS) is 29.0. The Morgan fingerprint density at radius 3 is 2.52 bits per heavy atom. The van der Waals surface area contributed by atoms with E-state index in [1.807, 2.05) is 6.92 Å². The number of rotatable bonds is 6. The van der Waals surface area contributed by atoms with E-state index in [1.54, 1.807) is 0 Å². The lowest BCUT2D eigenvalue weighted by molar-refractivity contribution is -0.149. The van der Waals surface area contributed by atoms with E-state index in [2.05, 4.69) is 12.2 Å². The first-order valence-electron chi connectivity index (χ1n) is 9.17. The van der Waals surface area contributed by atoms with E-state index >= 15 is 0 Å². The summed E-state index contributed by atoms with van der Waals surface area (Å²) in [5.74, 6) is 1.00. The fourth-order valence-electron chi connectivity index (χ4n) is 4.24. The average molecular weight is 295 g/mol. The molecule has 122 valence electrons. The maximum atomic E-state index is 12.0. The summed E-state index contributed by atoms with van der Waals surface area (Å²) in [5.41, 5.74) is 0. The van der Waals surface area contributed by atoms with E-state index < -0.39 is 0 Å². The van der Waals surface area contributed by atoms with Gasteiger partial charge >= 0.3 is 5.97 Å². The van der Waals surface area contributed by atoms with Crippen LogP contribution in [0.3, 0.4) is 0 Å². The van der Waals surface area contributed by atoms with Gasteiger partial charge in [-0.05, 0) is 51.4 Å². The van der Waals surface area contributed by atoms with Crippen molar-refractivity contribution in [2.24, 2.45) is 11.8 Å². The molecule has 3 atom stereocenters. The van der Waals surface area contributed by atoms with Crippen molar-refractivity contribution >= 4 is 5.97 Å². The first-order valence-corrected chi connectivity index (χ1v) is 9.17. The van der Waals surface area contributed by atoms with Crippen molar-refractivity contribution in [3.8, 4) is 0 Å². The van der Waals surface area contributed by atoms with Gasteiger partial charge in [-0.15, -0.1) is 0 Å². The number of ether oxygens (including phenoxy) is 1. The summed E-state index contributed by atoms with van der Waals surface area (Å²) in [5, 5.41) is 3.89. The number of hydrogen-bond donors (Lipinski definition) is 1. The molecule has 0 aliphatic heterocycles. The summed E-state index contributed by atoms with van der Waals surface area (Å²) in [7, 11) is 0. The van der Waals surface area contributed by atoms with Crippen LogP contribution in [-0.4, -0.2) is 24.7 Å². The quantitative estimate of drug-likeness (QED) is 0.751. The highest BCUT2D eigenvalue weighted by molar-refractivity contribution is 5.72. The number of esters is 1. The first-order chi connectivity index (χ1) is 10.2. The smallest absolute Gasteiger partial charge is 0.308 e. The van der Waals surface area contributed by atoms with Gasteiger partial charge in [0.05, 0.1) is 12.5 Å². The Labute approximate surface area is 130 Å². The second kappa shape index (κ2) is 8.77. The second-order valence-corrected chi connectivity index (χ2v) is 6.89. The zero-order chi connectivity index (χ0) is 15.1. The fraction of sp³-hybridized carbons (Fsp3) is 0.944. The van der Waals surface area contributed by atoms with Crippen molar-refractivity contribution in [1.29, 1.82) is 0 Å². The summed E-state index contributed by atoms with van der Waals surface area (Å²) >= 11 is 0. The highest BCUT2D eigenvalue weighted by Gasteiger charge is 2.31. The second-order valence-electron chi connectivity index (χ2n) is 6.89. The average Bonchev–Trinajstić information content (AvgIpc) is 2.54. The van der Waals surface area contributed by atoms with Crippen LogP contribution < -0.4 is 5.32 Å². The predicted molar refractivity (Wildman–Crippen MR) is 86.2 cm³/mol. The largest absolute Gasteiger partial charge is 0.466 e. The molecule has 0 aromatic carbocycles. The maximum absolute atomic E-state index is 12.0. The van der Waals surface area contributed by atoms with Gasteiger partial charge < -0.3 is 10.1 Å². The minimum absolute atomic E-state index is 0.0229. The summed E-state index contributed by atoms with van der Waals surface area (Å²) in [4.78, 5) is 12.0. The number of nitrogens with one attached hydrogen (secondary N) is 1. The van der Waals surface area contributed by atoms with Crippen LogP contribution in [0.15, 0.2) is 0 Å². The molecule has 0 spiro atoms. The Balaban J connectivity index is 1.83. The van der Waals surface area contributed by atoms with Crippen molar-refractivity contribution in [2.45, 2.75) is 90.1 Å². The molecule has 2 aliphatic rings. The molecule has 2 fully saturated rings. The molecular formula is C18H33NO2. The molecule has 0 amide bonds. The molecule has 2 rings (SSSR count). The Morgan fingerprint density at radius 2 is 1.86 bits per heavy atom. The van der Waals surface area contributed by atoms with Gasteiger partial charge in [-0.1, -0.05) is 32.6 Å². The Kier molecular flexibility index (Phi) is 7.01. The van der Waals surface area contributed by atoms with Gasteiger partial charge in [-0.2, -0.15) is 0 Å². The third kappa shape index (κ3) is 4.98. The van der Waals surface area contributed by atoms with Crippen LogP contribution in [0, 0.1) is 11.8 Å². The molecule has 3 heteroatoms. The zero-order valence-corrected chi connectivity index (χ0v) is 13.9. The molecule has 0 aromatic rings. The highest BCUT2D eigenvalue weighted by atomic mass is 16.5. The minimum Gasteiger partial charge on any atom is -0.466 e. The van der Waals surface area contributed by atoms with Crippen LogP contribution in [-0.2, 0) is 9.53 Å². The molecule has 2 saturated carbocycles. The lowest BCUT2D eigenvalue weighted by Gasteiger charge is -2.36. The molecule has 3 nitrogen and oxygen atoms in total. The molecule has 0 bridgehead atoms. The van der Waals surface area contributed by atoms with E-state index in [0.29, 0.717) is 18.7 Å². The third-order valence-corrected chi connectivity index (χ3v) is 5.40. The van der Waals surface area contributed by atoms with Crippen molar-refractivity contribution in [2.75, 3.05) is 6.61 Å². The van der Waals surface area contributed by atoms with E-state index in [1.165, 1.54) is 44.9 Å². The Morgan fingerprint density at radius 1 is 1.10 bits per heavy atom. The van der Waals surface area contributed by atoms with Crippen LogP contribution in [0.1, 0.15) is 78.1 Å². The maximum Gasteiger partial charge on any atom is 0.308 e. The molecule has 21 heavy (non-hydrogen) atoms. The van der Waals surface area contributed by atoms with E-state index in [9.17, 15) is 4.79 Å². The minimum atomic E-state index is 0.0229. The molecule has 2 aliphatic carbocycles. The van der Waals surface area contributed by atoms with Crippen LogP contribution in [0.25, 0.3) is 0 Å². The van der Waals surface area contributed by atoms with Gasteiger partial charge in [0.1, 0.15) is 0 Å². The van der Waals surface area contributed by atoms with Crippen molar-refractivity contribution in [3.63, 3.8) is 0 Å². The SMILES string of the molecule is CCOC(=O)C1CCCC(NC(CC)C2CCCCC2)C1. The van der Waals surface area contributed by atoms with Gasteiger partial charge in [0.2, 0.25) is 0 Å². The molecule has 1 N–H and O–H groups in total. The van der Waals surface area contributed by atoms with Crippen LogP contribution in [0.2, 0.25) is 0 Å². The molecule has 0 saturated heterocycles. The molecular weight excluding hydrogens is 262 g/mol. The van der Waals surface area contributed by atoms with Gasteiger partial charge in [0.15, 0.2) is 0 Å². The molecule has 0 aromatic heterocycles. The zero-order valence-electron chi connectivity index (χ0n) is 13.9. The fourth-order valence-corrected chi connectivity index (χ4v) is 4.24. The van der Waals surface area contributed by atoms with Gasteiger partial charge in [-0.3, -0.25) is 4.79 Å². The topological polar surface area (TPSA) is 38.3 Å². The summed E-state index contributed by atoms with van der Waals surface area (Å²) in [6, 6.07) is 1.16. The van der Waals surface area contributed by atoms with Gasteiger partial charge in [0, 0.05) is 12.1 Å². The summed E-state index contributed by atoms with van der Waals surface area (Å²) in [6.07, 6.45) is 12.6. The van der Waals surface area contributed by atoms with Crippen LogP contribution in [0.4, 0.5) is 0 Å². The monoisotopic (exact) mass is 295 g/mol. The first kappa shape index (κ1) is 16.8. The van der Waals surface area contributed by atoms with Crippen molar-refractivity contribution in [3.05, 3.63) is 0 Å². The summed E-state index contributed by atoms with van der Waals surface area (Å²) < 4.78 is 5.21. The molecule has 0 heterocycles. The lowest BCUT2D eigenvalue weighted by Crippen LogP contribution is -2.46. The Hall–Kier alpha value is -0.570. The van der Waals surface area contributed by atoms with Crippen LogP contribution in [0.5, 0.6) is 0 Å². The van der Waals surface area contributed by atoms with Gasteiger partial charge in [0.25, 0.3) is 0 Å². The molecule has 3 unspecified atom stereocenters. The Bertz CT molecular complexity index is 312. The number of hydrogen-bond acceptors (Lipinski definition) is 3. The summed E-state index contributed by atoms with van der Waals surface area (Å²) in [6.45, 7) is 4.71. The third-order valence-electron chi connectivity index (χ3n) is 5.40. The van der Waals surface area contributed by atoms with E-state index in [-0.39, 0.29) is 11.9 Å². The molecule has 0 radical (unpaired) electrons. The van der Waals surface area contributed by atoms with Gasteiger partial charge in [-0.25, -0.2) is 0 Å². The standard InChI is InChI=1S/C18H33NO2/c1-3-17(14-9-6-5-7-10-14)19-16-12-8-11-15(13-16)18(20)21-4-2/h14-17,19H,3-13H2,1-2H3. The predicted octanol–water partition coefficient (Wildman–Crippen LogP) is 4.06. The lowest BCUT2D eigenvalue weighted by atomic mass is 9.80. The number of carbonyl (C=O) groups is 1. The van der Waals surface area contributed by atoms with Crippen molar-refractivity contribution < 1.29 is 9.53 Å². The van der Waals surface area contributed by atoms with Crippen molar-refractivity contribution in [1.82, 2.24) is 5.32 Å².